The molecule has 0 aromatic heterocycles. The van der Waals surface area contributed by atoms with Gasteiger partial charge in [0.15, 0.2) is 5.92 Å². The highest BCUT2D eigenvalue weighted by Gasteiger charge is 2.51. The van der Waals surface area contributed by atoms with Gasteiger partial charge in [-0.05, 0) is 35.4 Å². The number of carbonyl (C=O) groups excluding carboxylic acids is 2. The maximum Gasteiger partial charge on any atom is 0.404 e. The molecule has 32 heavy (non-hydrogen) atoms. The average Bonchev–Trinajstić information content (AvgIpc) is 2.75. The molecule has 0 bridgehead atoms. The van der Waals surface area contributed by atoms with Crippen molar-refractivity contribution >= 4 is 11.8 Å². The highest BCUT2D eigenvalue weighted by atomic mass is 19.4. The minimum atomic E-state index is -4.70. The number of para-hydroxylation sites is 1. The number of amides is 2. The first kappa shape index (κ1) is 22.2. The van der Waals surface area contributed by atoms with E-state index in [1.165, 1.54) is 29.2 Å². The Kier molecular flexibility index (Phi) is 5.88. The van der Waals surface area contributed by atoms with Crippen molar-refractivity contribution in [2.45, 2.75) is 37.3 Å². The van der Waals surface area contributed by atoms with E-state index in [4.69, 9.17) is 0 Å². The summed E-state index contributed by atoms with van der Waals surface area (Å²) < 4.78 is 41.4. The van der Waals surface area contributed by atoms with Gasteiger partial charge in [-0.1, -0.05) is 48.5 Å². The first-order chi connectivity index (χ1) is 15.2. The fraction of sp³-hybridized carbons (Fsp3) is 0.417. The van der Waals surface area contributed by atoms with Crippen LogP contribution in [0.4, 0.5) is 13.2 Å². The van der Waals surface area contributed by atoms with E-state index >= 15 is 0 Å². The van der Waals surface area contributed by atoms with E-state index in [9.17, 15) is 27.9 Å². The van der Waals surface area contributed by atoms with E-state index in [-0.39, 0.29) is 42.6 Å². The number of nitrogens with one attached hydrogen (secondary N) is 1. The predicted molar refractivity (Wildman–Crippen MR) is 112 cm³/mol. The number of hydrogen-bond acceptors (Lipinski definition) is 3. The van der Waals surface area contributed by atoms with Gasteiger partial charge < -0.3 is 15.3 Å². The molecule has 2 N–H and O–H groups in total. The fourth-order valence-corrected chi connectivity index (χ4v) is 5.16. The Balaban J connectivity index is 1.57. The zero-order valence-electron chi connectivity index (χ0n) is 17.4. The summed E-state index contributed by atoms with van der Waals surface area (Å²) in [7, 11) is 0. The second-order valence-corrected chi connectivity index (χ2v) is 8.67. The zero-order valence-corrected chi connectivity index (χ0v) is 17.4. The molecule has 4 rings (SSSR count). The van der Waals surface area contributed by atoms with Crippen LogP contribution < -0.4 is 5.32 Å². The smallest absolute Gasteiger partial charge is 0.404 e. The monoisotopic (exact) mass is 446 g/mol. The number of likely N-dealkylation sites (tertiary alicyclic amines) is 1. The summed E-state index contributed by atoms with van der Waals surface area (Å²) in [4.78, 5) is 26.5. The van der Waals surface area contributed by atoms with Crippen LogP contribution in [0.3, 0.4) is 0 Å². The molecule has 0 aliphatic carbocycles. The van der Waals surface area contributed by atoms with Gasteiger partial charge in [-0.25, -0.2) is 0 Å². The molecule has 2 unspecified atom stereocenters. The fourth-order valence-electron chi connectivity index (χ4n) is 5.16. The third kappa shape index (κ3) is 4.18. The normalized spacial score (nSPS) is 21.8. The van der Waals surface area contributed by atoms with E-state index < -0.39 is 23.4 Å². The average molecular weight is 446 g/mol. The number of carbonyl (C=O) groups is 2. The van der Waals surface area contributed by atoms with Crippen LogP contribution in [0.5, 0.6) is 5.75 Å². The molecule has 2 saturated heterocycles. The van der Waals surface area contributed by atoms with Gasteiger partial charge in [0, 0.05) is 32.0 Å². The molecular weight excluding hydrogens is 421 g/mol. The number of phenols is 1. The number of aromatic hydroxyl groups is 1. The van der Waals surface area contributed by atoms with Crippen molar-refractivity contribution in [3.8, 4) is 5.75 Å². The number of nitrogens with zero attached hydrogens (tertiary/aromatic N) is 1. The number of hydrogen-bond donors (Lipinski definition) is 2. The van der Waals surface area contributed by atoms with Crippen LogP contribution in [0.1, 0.15) is 42.2 Å². The SMILES string of the molecule is O=C1CC2(CCN(C(=O)C(c3ccccc3)C(F)(F)F)CC2)C(c2ccccc2O)CN1. The number of alkyl halides is 3. The lowest BCUT2D eigenvalue weighted by molar-refractivity contribution is -0.173. The number of halogens is 3. The lowest BCUT2D eigenvalue weighted by Crippen LogP contribution is -2.54. The summed E-state index contributed by atoms with van der Waals surface area (Å²) in [5.74, 6) is -3.33. The van der Waals surface area contributed by atoms with Crippen molar-refractivity contribution in [2.24, 2.45) is 5.41 Å². The van der Waals surface area contributed by atoms with Crippen molar-refractivity contribution in [1.29, 1.82) is 0 Å². The van der Waals surface area contributed by atoms with Gasteiger partial charge in [-0.2, -0.15) is 13.2 Å². The molecule has 1 spiro atoms. The maximum atomic E-state index is 13.8. The Morgan fingerprint density at radius 1 is 1.06 bits per heavy atom. The minimum absolute atomic E-state index is 0.0746. The van der Waals surface area contributed by atoms with Crippen molar-refractivity contribution < 1.29 is 27.9 Å². The van der Waals surface area contributed by atoms with Gasteiger partial charge >= 0.3 is 6.18 Å². The lowest BCUT2D eigenvalue weighted by Gasteiger charge is -2.49. The van der Waals surface area contributed by atoms with Gasteiger partial charge in [0.05, 0.1) is 0 Å². The van der Waals surface area contributed by atoms with E-state index in [1.54, 1.807) is 18.2 Å². The molecule has 8 heteroatoms. The number of piperidine rings is 2. The Morgan fingerprint density at radius 2 is 1.69 bits per heavy atom. The van der Waals surface area contributed by atoms with Gasteiger partial charge in [-0.3, -0.25) is 9.59 Å². The highest BCUT2D eigenvalue weighted by Crippen LogP contribution is 2.51. The van der Waals surface area contributed by atoms with Gasteiger partial charge in [-0.15, -0.1) is 0 Å². The Labute approximate surface area is 184 Å². The van der Waals surface area contributed by atoms with Crippen molar-refractivity contribution in [3.05, 3.63) is 65.7 Å². The van der Waals surface area contributed by atoms with Gasteiger partial charge in [0.2, 0.25) is 11.8 Å². The van der Waals surface area contributed by atoms with E-state index in [2.05, 4.69) is 5.32 Å². The standard InChI is InChI=1S/C24H25F3N2O3/c25-24(26,27)21(16-6-2-1-3-7-16)22(32)29-12-10-23(11-13-29)14-20(31)28-15-18(23)17-8-4-5-9-19(17)30/h1-9,18,21,30H,10-15H2,(H,28,31). The molecular formula is C24H25F3N2O3. The van der Waals surface area contributed by atoms with Crippen LogP contribution in [0.15, 0.2) is 54.6 Å². The highest BCUT2D eigenvalue weighted by molar-refractivity contribution is 5.85. The second-order valence-electron chi connectivity index (χ2n) is 8.67. The molecule has 2 atom stereocenters. The Hall–Kier alpha value is -3.03. The molecule has 2 aromatic carbocycles. The van der Waals surface area contributed by atoms with E-state index in [1.807, 2.05) is 12.1 Å². The number of phenolic OH excluding ortho intramolecular Hbond substituents is 1. The predicted octanol–water partition coefficient (Wildman–Crippen LogP) is 3.95. The number of benzene rings is 2. The molecule has 0 saturated carbocycles. The van der Waals surface area contributed by atoms with Crippen LogP contribution in [-0.4, -0.2) is 47.6 Å². The van der Waals surface area contributed by atoms with Gasteiger partial charge in [0.25, 0.3) is 0 Å². The first-order valence-corrected chi connectivity index (χ1v) is 10.7. The summed E-state index contributed by atoms with van der Waals surface area (Å²) in [6.07, 6.45) is -3.69. The van der Waals surface area contributed by atoms with Gasteiger partial charge in [0.1, 0.15) is 5.75 Å². The second kappa shape index (κ2) is 8.48. The summed E-state index contributed by atoms with van der Waals surface area (Å²) in [6, 6.07) is 14.2. The maximum absolute atomic E-state index is 13.8. The van der Waals surface area contributed by atoms with Crippen LogP contribution >= 0.6 is 0 Å². The third-order valence-electron chi connectivity index (χ3n) is 6.85. The molecule has 2 heterocycles. The minimum Gasteiger partial charge on any atom is -0.508 e. The summed E-state index contributed by atoms with van der Waals surface area (Å²) in [5, 5.41) is 13.2. The zero-order chi connectivity index (χ0) is 22.9. The molecule has 2 aromatic rings. The van der Waals surface area contributed by atoms with Crippen molar-refractivity contribution in [3.63, 3.8) is 0 Å². The first-order valence-electron chi connectivity index (χ1n) is 10.7. The van der Waals surface area contributed by atoms with Crippen LogP contribution in [0.2, 0.25) is 0 Å². The van der Waals surface area contributed by atoms with Crippen molar-refractivity contribution in [2.75, 3.05) is 19.6 Å². The van der Waals surface area contributed by atoms with E-state index in [0.717, 1.165) is 0 Å². The van der Waals surface area contributed by atoms with Crippen LogP contribution in [0, 0.1) is 5.41 Å². The lowest BCUT2D eigenvalue weighted by atomic mass is 9.62. The van der Waals surface area contributed by atoms with Crippen LogP contribution in [0.25, 0.3) is 0 Å². The molecule has 5 nitrogen and oxygen atoms in total. The molecule has 2 amide bonds. The number of rotatable bonds is 3. The molecule has 2 fully saturated rings. The summed E-state index contributed by atoms with van der Waals surface area (Å²) >= 11 is 0. The van der Waals surface area contributed by atoms with Crippen LogP contribution in [-0.2, 0) is 9.59 Å². The summed E-state index contributed by atoms with van der Waals surface area (Å²) in [5.41, 5.74) is 0.123. The third-order valence-corrected chi connectivity index (χ3v) is 6.85. The largest absolute Gasteiger partial charge is 0.508 e. The molecule has 2 aliphatic rings. The Bertz CT molecular complexity index is 985. The topological polar surface area (TPSA) is 69.6 Å². The molecule has 0 radical (unpaired) electrons. The van der Waals surface area contributed by atoms with Crippen molar-refractivity contribution in [1.82, 2.24) is 10.2 Å². The molecule has 170 valence electrons. The molecule has 2 aliphatic heterocycles. The quantitative estimate of drug-likeness (QED) is 0.750. The van der Waals surface area contributed by atoms with E-state index in [0.29, 0.717) is 24.9 Å². The Morgan fingerprint density at radius 3 is 2.31 bits per heavy atom. The summed E-state index contributed by atoms with van der Waals surface area (Å²) in [6.45, 7) is 0.616.